The normalized spacial score (nSPS) is 13.8. The van der Waals surface area contributed by atoms with Gasteiger partial charge in [0.1, 0.15) is 5.15 Å². The molecule has 18 heavy (non-hydrogen) atoms. The number of amides is 1. The predicted molar refractivity (Wildman–Crippen MR) is 68.6 cm³/mol. The molecule has 1 amide bonds. The average molecular weight is 271 g/mol. The van der Waals surface area contributed by atoms with Gasteiger partial charge >= 0.3 is 5.97 Å². The Hall–Kier alpha value is -1.62. The van der Waals surface area contributed by atoms with Gasteiger partial charge < -0.3 is 10.4 Å². The third-order valence-electron chi connectivity index (χ3n) is 2.84. The van der Waals surface area contributed by atoms with Crippen LogP contribution in [0.1, 0.15) is 19.4 Å². The summed E-state index contributed by atoms with van der Waals surface area (Å²) < 4.78 is 0. The fraction of sp³-hybridized carbons (Fsp3) is 0.417. The van der Waals surface area contributed by atoms with Gasteiger partial charge in [0, 0.05) is 5.92 Å². The number of nitrogens with one attached hydrogen (secondary N) is 1. The van der Waals surface area contributed by atoms with E-state index in [2.05, 4.69) is 10.3 Å². The highest BCUT2D eigenvalue weighted by Crippen LogP contribution is 2.18. The van der Waals surface area contributed by atoms with Crippen LogP contribution in [0.4, 0.5) is 5.69 Å². The number of carbonyl (C=O) groups excluding carboxylic acids is 1. The molecule has 2 N–H and O–H groups in total. The van der Waals surface area contributed by atoms with E-state index >= 15 is 0 Å². The van der Waals surface area contributed by atoms with Crippen molar-refractivity contribution in [2.75, 3.05) is 5.32 Å². The Labute approximate surface area is 110 Å². The van der Waals surface area contributed by atoms with Crippen molar-refractivity contribution < 1.29 is 14.7 Å². The number of carbonyl (C=O) groups is 2. The van der Waals surface area contributed by atoms with Crippen molar-refractivity contribution in [2.45, 2.75) is 20.8 Å². The molecule has 0 aliphatic heterocycles. The first kappa shape index (κ1) is 14.4. The summed E-state index contributed by atoms with van der Waals surface area (Å²) in [6.45, 7) is 4.84. The molecular weight excluding hydrogens is 256 g/mol. The number of rotatable bonds is 4. The second-order valence-corrected chi connectivity index (χ2v) is 4.59. The van der Waals surface area contributed by atoms with Crippen LogP contribution < -0.4 is 5.32 Å². The SMILES string of the molecule is Cc1cc(NC(=O)C(C)C(C)C(=O)O)cnc1Cl. The van der Waals surface area contributed by atoms with Gasteiger partial charge in [-0.05, 0) is 18.6 Å². The number of halogens is 1. The van der Waals surface area contributed by atoms with Crippen molar-refractivity contribution in [3.63, 3.8) is 0 Å². The Balaban J connectivity index is 2.75. The van der Waals surface area contributed by atoms with E-state index in [-0.39, 0.29) is 5.91 Å². The van der Waals surface area contributed by atoms with Gasteiger partial charge in [0.05, 0.1) is 17.8 Å². The molecule has 5 nitrogen and oxygen atoms in total. The summed E-state index contributed by atoms with van der Waals surface area (Å²) in [6.07, 6.45) is 1.44. The molecule has 0 fully saturated rings. The van der Waals surface area contributed by atoms with Gasteiger partial charge in [-0.15, -0.1) is 0 Å². The first-order valence-electron chi connectivity index (χ1n) is 5.48. The van der Waals surface area contributed by atoms with Gasteiger partial charge in [0.2, 0.25) is 5.91 Å². The number of anilines is 1. The minimum absolute atomic E-state index is 0.353. The summed E-state index contributed by atoms with van der Waals surface area (Å²) in [7, 11) is 0. The van der Waals surface area contributed by atoms with Gasteiger partial charge in [0.25, 0.3) is 0 Å². The third-order valence-corrected chi connectivity index (χ3v) is 3.23. The first-order chi connectivity index (χ1) is 8.32. The van der Waals surface area contributed by atoms with Crippen LogP contribution in [-0.4, -0.2) is 22.0 Å². The quantitative estimate of drug-likeness (QED) is 0.823. The van der Waals surface area contributed by atoms with Crippen LogP contribution in [0.3, 0.4) is 0 Å². The molecule has 98 valence electrons. The summed E-state index contributed by atoms with van der Waals surface area (Å²) in [5, 5.41) is 11.8. The van der Waals surface area contributed by atoms with E-state index in [0.717, 1.165) is 5.56 Å². The van der Waals surface area contributed by atoms with E-state index < -0.39 is 17.8 Å². The van der Waals surface area contributed by atoms with Gasteiger partial charge in [0.15, 0.2) is 0 Å². The molecule has 0 aliphatic rings. The molecule has 0 saturated carbocycles. The minimum atomic E-state index is -0.997. The predicted octanol–water partition coefficient (Wildman–Crippen LogP) is 2.34. The van der Waals surface area contributed by atoms with Crippen molar-refractivity contribution in [2.24, 2.45) is 11.8 Å². The molecular formula is C12H15ClN2O3. The summed E-state index contributed by atoms with van der Waals surface area (Å²) in [6, 6.07) is 1.69. The molecule has 0 radical (unpaired) electrons. The maximum absolute atomic E-state index is 11.8. The number of hydrogen-bond donors (Lipinski definition) is 2. The topological polar surface area (TPSA) is 79.3 Å². The molecule has 2 atom stereocenters. The molecule has 0 saturated heterocycles. The molecule has 0 aliphatic carbocycles. The van der Waals surface area contributed by atoms with E-state index in [9.17, 15) is 9.59 Å². The fourth-order valence-electron chi connectivity index (χ4n) is 1.32. The molecule has 0 spiro atoms. The maximum atomic E-state index is 11.8. The molecule has 6 heteroatoms. The number of pyridine rings is 1. The lowest BCUT2D eigenvalue weighted by Crippen LogP contribution is -2.30. The Bertz CT molecular complexity index is 476. The Morgan fingerprint density at radius 2 is 2.00 bits per heavy atom. The van der Waals surface area contributed by atoms with Crippen molar-refractivity contribution in [3.05, 3.63) is 23.0 Å². The summed E-state index contributed by atoms with van der Waals surface area (Å²) >= 11 is 5.77. The molecule has 1 rings (SSSR count). The average Bonchev–Trinajstić information content (AvgIpc) is 2.31. The highest BCUT2D eigenvalue weighted by molar-refractivity contribution is 6.30. The fourth-order valence-corrected chi connectivity index (χ4v) is 1.43. The zero-order chi connectivity index (χ0) is 13.9. The number of carboxylic acid groups (broad SMARTS) is 1. The lowest BCUT2D eigenvalue weighted by atomic mass is 9.95. The van der Waals surface area contributed by atoms with Crippen LogP contribution in [0.2, 0.25) is 5.15 Å². The van der Waals surface area contributed by atoms with E-state index in [1.807, 2.05) is 0 Å². The number of hydrogen-bond acceptors (Lipinski definition) is 3. The van der Waals surface area contributed by atoms with Crippen molar-refractivity contribution >= 4 is 29.2 Å². The highest BCUT2D eigenvalue weighted by atomic mass is 35.5. The van der Waals surface area contributed by atoms with Crippen LogP contribution in [-0.2, 0) is 9.59 Å². The molecule has 0 bridgehead atoms. The Morgan fingerprint density at radius 1 is 1.39 bits per heavy atom. The standard InChI is InChI=1S/C12H15ClN2O3/c1-6-4-9(5-14-10(6)13)15-11(16)7(2)8(3)12(17)18/h4-5,7-8H,1-3H3,(H,15,16)(H,17,18). The van der Waals surface area contributed by atoms with Crippen molar-refractivity contribution in [1.29, 1.82) is 0 Å². The zero-order valence-electron chi connectivity index (χ0n) is 10.4. The molecule has 1 heterocycles. The molecule has 2 unspecified atom stereocenters. The van der Waals surface area contributed by atoms with Gasteiger partial charge in [-0.2, -0.15) is 0 Å². The van der Waals surface area contributed by atoms with Crippen LogP contribution in [0.25, 0.3) is 0 Å². The zero-order valence-corrected chi connectivity index (χ0v) is 11.2. The third kappa shape index (κ3) is 3.43. The number of aliphatic carboxylic acids is 1. The van der Waals surface area contributed by atoms with Gasteiger partial charge in [-0.1, -0.05) is 25.4 Å². The summed E-state index contributed by atoms with van der Waals surface area (Å²) in [4.78, 5) is 26.5. The highest BCUT2D eigenvalue weighted by Gasteiger charge is 2.25. The van der Waals surface area contributed by atoms with Gasteiger partial charge in [-0.3, -0.25) is 9.59 Å². The van der Waals surface area contributed by atoms with Crippen LogP contribution in [0.15, 0.2) is 12.3 Å². The second kappa shape index (κ2) is 5.82. The van der Waals surface area contributed by atoms with Crippen molar-refractivity contribution in [3.8, 4) is 0 Å². The van der Waals surface area contributed by atoms with E-state index in [1.54, 1.807) is 19.9 Å². The first-order valence-corrected chi connectivity index (χ1v) is 5.86. The Morgan fingerprint density at radius 3 is 2.50 bits per heavy atom. The summed E-state index contributed by atoms with van der Waals surface area (Å²) in [5.41, 5.74) is 1.25. The maximum Gasteiger partial charge on any atom is 0.307 e. The second-order valence-electron chi connectivity index (χ2n) is 4.24. The van der Waals surface area contributed by atoms with E-state index in [4.69, 9.17) is 16.7 Å². The smallest absolute Gasteiger partial charge is 0.307 e. The number of carboxylic acids is 1. The van der Waals surface area contributed by atoms with Crippen LogP contribution >= 0.6 is 11.6 Å². The number of aryl methyl sites for hydroxylation is 1. The molecule has 0 aromatic carbocycles. The van der Waals surface area contributed by atoms with E-state index in [1.165, 1.54) is 13.1 Å². The molecule has 1 aromatic rings. The lowest BCUT2D eigenvalue weighted by Gasteiger charge is -2.15. The Kier molecular flexibility index (Phi) is 4.67. The van der Waals surface area contributed by atoms with Crippen molar-refractivity contribution in [1.82, 2.24) is 4.98 Å². The lowest BCUT2D eigenvalue weighted by molar-refractivity contribution is -0.145. The molecule has 1 aromatic heterocycles. The monoisotopic (exact) mass is 270 g/mol. The summed E-state index contributed by atoms with van der Waals surface area (Å²) in [5.74, 6) is -2.72. The minimum Gasteiger partial charge on any atom is -0.481 e. The van der Waals surface area contributed by atoms with Gasteiger partial charge in [-0.25, -0.2) is 4.98 Å². The van der Waals surface area contributed by atoms with Crippen LogP contribution in [0.5, 0.6) is 0 Å². The van der Waals surface area contributed by atoms with Crippen LogP contribution in [0, 0.1) is 18.8 Å². The largest absolute Gasteiger partial charge is 0.481 e. The number of aromatic nitrogens is 1. The number of nitrogens with zero attached hydrogens (tertiary/aromatic N) is 1. The van der Waals surface area contributed by atoms with E-state index in [0.29, 0.717) is 10.8 Å².